The predicted molar refractivity (Wildman–Crippen MR) is 101 cm³/mol. The van der Waals surface area contributed by atoms with Gasteiger partial charge in [-0.2, -0.15) is 5.10 Å². The molecule has 26 heavy (non-hydrogen) atoms. The lowest BCUT2D eigenvalue weighted by atomic mass is 10.0. The maximum atomic E-state index is 12.9. The van der Waals surface area contributed by atoms with E-state index in [0.29, 0.717) is 5.39 Å². The minimum Gasteiger partial charge on any atom is -0.334 e. The lowest BCUT2D eigenvalue weighted by Crippen LogP contribution is -2.37. The first kappa shape index (κ1) is 16.5. The molecule has 1 atom stereocenters. The number of nitrogens with zero attached hydrogens (tertiary/aromatic N) is 3. The van der Waals surface area contributed by atoms with Crippen LogP contribution in [0.2, 0.25) is 0 Å². The Kier molecular flexibility index (Phi) is 4.29. The van der Waals surface area contributed by atoms with Crippen LogP contribution in [0.1, 0.15) is 30.0 Å². The lowest BCUT2D eigenvalue weighted by molar-refractivity contribution is -0.133. The molecular weight excluding hydrogens is 326 g/mol. The van der Waals surface area contributed by atoms with E-state index >= 15 is 0 Å². The van der Waals surface area contributed by atoms with Crippen molar-refractivity contribution in [3.8, 4) is 0 Å². The smallest absolute Gasteiger partial charge is 0.275 e. The van der Waals surface area contributed by atoms with Crippen molar-refractivity contribution in [1.82, 2.24) is 14.7 Å². The number of aryl methyl sites for hydroxylation is 1. The first-order chi connectivity index (χ1) is 12.6. The SMILES string of the molecule is Cc1ccc(C2CCCN2C(=O)Cn2ncc3ccccc3c2=O)cc1. The fourth-order valence-corrected chi connectivity index (χ4v) is 3.66. The number of amides is 1. The van der Waals surface area contributed by atoms with Gasteiger partial charge in [0, 0.05) is 11.9 Å². The van der Waals surface area contributed by atoms with E-state index in [2.05, 4.69) is 36.3 Å². The molecule has 1 aromatic heterocycles. The molecule has 132 valence electrons. The number of aromatic nitrogens is 2. The van der Waals surface area contributed by atoms with E-state index in [1.54, 1.807) is 12.3 Å². The van der Waals surface area contributed by atoms with E-state index in [4.69, 9.17) is 0 Å². The highest BCUT2D eigenvalue weighted by Crippen LogP contribution is 2.32. The maximum Gasteiger partial charge on any atom is 0.275 e. The van der Waals surface area contributed by atoms with Gasteiger partial charge in [0.15, 0.2) is 0 Å². The average molecular weight is 347 g/mol. The molecular formula is C21H21N3O2. The topological polar surface area (TPSA) is 55.2 Å². The molecule has 1 aliphatic heterocycles. The Morgan fingerprint density at radius 2 is 1.92 bits per heavy atom. The minimum atomic E-state index is -0.220. The van der Waals surface area contributed by atoms with Gasteiger partial charge in [0.05, 0.1) is 17.6 Å². The monoisotopic (exact) mass is 347 g/mol. The van der Waals surface area contributed by atoms with Gasteiger partial charge in [0.2, 0.25) is 5.91 Å². The molecule has 2 aromatic carbocycles. The number of benzene rings is 2. The van der Waals surface area contributed by atoms with Gasteiger partial charge in [-0.15, -0.1) is 0 Å². The van der Waals surface area contributed by atoms with E-state index in [1.165, 1.54) is 10.2 Å². The second-order valence-corrected chi connectivity index (χ2v) is 6.85. The van der Waals surface area contributed by atoms with E-state index in [-0.39, 0.29) is 24.1 Å². The Labute approximate surface area is 151 Å². The van der Waals surface area contributed by atoms with Crippen molar-refractivity contribution in [2.75, 3.05) is 6.54 Å². The third kappa shape index (κ3) is 3.01. The van der Waals surface area contributed by atoms with Crippen LogP contribution in [0.15, 0.2) is 59.5 Å². The molecule has 0 radical (unpaired) electrons. The molecule has 5 heteroatoms. The number of rotatable bonds is 3. The van der Waals surface area contributed by atoms with E-state index in [9.17, 15) is 9.59 Å². The summed E-state index contributed by atoms with van der Waals surface area (Å²) in [6.07, 6.45) is 3.57. The first-order valence-electron chi connectivity index (χ1n) is 8.94. The first-order valence-corrected chi connectivity index (χ1v) is 8.94. The number of carbonyl (C=O) groups is 1. The largest absolute Gasteiger partial charge is 0.334 e. The van der Waals surface area contributed by atoms with Crippen molar-refractivity contribution in [1.29, 1.82) is 0 Å². The van der Waals surface area contributed by atoms with Gasteiger partial charge in [-0.25, -0.2) is 4.68 Å². The van der Waals surface area contributed by atoms with Crippen molar-refractivity contribution in [2.24, 2.45) is 0 Å². The third-order valence-electron chi connectivity index (χ3n) is 5.08. The van der Waals surface area contributed by atoms with Gasteiger partial charge >= 0.3 is 0 Å². The highest BCUT2D eigenvalue weighted by molar-refractivity contribution is 5.81. The Bertz CT molecular complexity index is 1010. The summed E-state index contributed by atoms with van der Waals surface area (Å²) in [5.41, 5.74) is 2.14. The Morgan fingerprint density at radius 3 is 2.73 bits per heavy atom. The van der Waals surface area contributed by atoms with Crippen molar-refractivity contribution in [3.05, 3.63) is 76.2 Å². The quantitative estimate of drug-likeness (QED) is 0.732. The van der Waals surface area contributed by atoms with Crippen LogP contribution >= 0.6 is 0 Å². The van der Waals surface area contributed by atoms with Crippen LogP contribution in [0.5, 0.6) is 0 Å². The maximum absolute atomic E-state index is 12.9. The van der Waals surface area contributed by atoms with Gasteiger partial charge in [-0.3, -0.25) is 9.59 Å². The number of fused-ring (bicyclic) bond motifs is 1. The fourth-order valence-electron chi connectivity index (χ4n) is 3.66. The molecule has 3 aromatic rings. The molecule has 1 aliphatic rings. The highest BCUT2D eigenvalue weighted by Gasteiger charge is 2.30. The number of carbonyl (C=O) groups excluding carboxylic acids is 1. The summed E-state index contributed by atoms with van der Waals surface area (Å²) in [7, 11) is 0. The van der Waals surface area contributed by atoms with Crippen molar-refractivity contribution >= 4 is 16.7 Å². The number of likely N-dealkylation sites (tertiary alicyclic amines) is 1. The summed E-state index contributed by atoms with van der Waals surface area (Å²) in [5.74, 6) is -0.0574. The Balaban J connectivity index is 1.59. The minimum absolute atomic E-state index is 0.0218. The summed E-state index contributed by atoms with van der Waals surface area (Å²) in [4.78, 5) is 27.4. The number of hydrogen-bond donors (Lipinski definition) is 0. The molecule has 1 amide bonds. The Morgan fingerprint density at radius 1 is 1.15 bits per heavy atom. The highest BCUT2D eigenvalue weighted by atomic mass is 16.2. The summed E-state index contributed by atoms with van der Waals surface area (Å²) in [6, 6.07) is 15.7. The van der Waals surface area contributed by atoms with Crippen LogP contribution in [0.3, 0.4) is 0 Å². The van der Waals surface area contributed by atoms with Gasteiger partial charge in [0.25, 0.3) is 5.56 Å². The van der Waals surface area contributed by atoms with Gasteiger partial charge in [-0.1, -0.05) is 48.0 Å². The second kappa shape index (κ2) is 6.75. The summed E-state index contributed by atoms with van der Waals surface area (Å²) in [6.45, 7) is 2.75. The zero-order valence-electron chi connectivity index (χ0n) is 14.8. The molecule has 0 aliphatic carbocycles. The molecule has 0 saturated carbocycles. The molecule has 0 spiro atoms. The van der Waals surface area contributed by atoms with Crippen molar-refractivity contribution in [3.63, 3.8) is 0 Å². The van der Waals surface area contributed by atoms with Crippen LogP contribution in [0.4, 0.5) is 0 Å². The molecule has 4 rings (SSSR count). The molecule has 1 saturated heterocycles. The Hall–Kier alpha value is -2.95. The zero-order valence-corrected chi connectivity index (χ0v) is 14.8. The van der Waals surface area contributed by atoms with Gasteiger partial charge in [0.1, 0.15) is 6.54 Å². The normalized spacial score (nSPS) is 17.0. The van der Waals surface area contributed by atoms with E-state index in [1.807, 2.05) is 23.1 Å². The summed E-state index contributed by atoms with van der Waals surface area (Å²) >= 11 is 0. The molecule has 1 unspecified atom stereocenters. The van der Waals surface area contributed by atoms with Crippen LogP contribution in [0, 0.1) is 6.92 Å². The molecule has 0 bridgehead atoms. The zero-order chi connectivity index (χ0) is 18.1. The molecule has 2 heterocycles. The van der Waals surface area contributed by atoms with Crippen molar-refractivity contribution in [2.45, 2.75) is 32.4 Å². The fraction of sp³-hybridized carbons (Fsp3) is 0.286. The van der Waals surface area contributed by atoms with Gasteiger partial charge in [-0.05, 0) is 31.4 Å². The average Bonchev–Trinajstić information content (AvgIpc) is 3.15. The van der Waals surface area contributed by atoms with Crippen LogP contribution in [-0.2, 0) is 11.3 Å². The summed E-state index contributed by atoms with van der Waals surface area (Å²) in [5, 5.41) is 5.57. The molecule has 5 nitrogen and oxygen atoms in total. The number of hydrogen-bond acceptors (Lipinski definition) is 3. The summed E-state index contributed by atoms with van der Waals surface area (Å²) < 4.78 is 1.27. The third-order valence-corrected chi connectivity index (χ3v) is 5.08. The lowest BCUT2D eigenvalue weighted by Gasteiger charge is -2.25. The van der Waals surface area contributed by atoms with E-state index in [0.717, 1.165) is 30.3 Å². The van der Waals surface area contributed by atoms with Crippen LogP contribution in [-0.4, -0.2) is 27.1 Å². The van der Waals surface area contributed by atoms with Crippen molar-refractivity contribution < 1.29 is 4.79 Å². The van der Waals surface area contributed by atoms with Crippen LogP contribution < -0.4 is 5.56 Å². The van der Waals surface area contributed by atoms with E-state index < -0.39 is 0 Å². The second-order valence-electron chi connectivity index (χ2n) is 6.85. The predicted octanol–water partition coefficient (Wildman–Crippen LogP) is 3.07. The van der Waals surface area contributed by atoms with Crippen LogP contribution in [0.25, 0.3) is 10.8 Å². The standard InChI is InChI=1S/C21H21N3O2/c1-15-8-10-16(11-9-15)19-7-4-12-23(19)20(25)14-24-21(26)18-6-3-2-5-17(18)13-22-24/h2-3,5-6,8-11,13,19H,4,7,12,14H2,1H3. The van der Waals surface area contributed by atoms with Gasteiger partial charge < -0.3 is 4.90 Å². The molecule has 0 N–H and O–H groups in total. The molecule has 1 fully saturated rings.